The first-order chi connectivity index (χ1) is 8.81. The summed E-state index contributed by atoms with van der Waals surface area (Å²) in [6.07, 6.45) is 0.308. The van der Waals surface area contributed by atoms with E-state index in [-0.39, 0.29) is 0 Å². The lowest BCUT2D eigenvalue weighted by molar-refractivity contribution is -0.0218. The summed E-state index contributed by atoms with van der Waals surface area (Å²) in [6, 6.07) is 6.10. The number of thiophene rings is 1. The van der Waals surface area contributed by atoms with Gasteiger partial charge in [-0.15, -0.1) is 11.3 Å². The van der Waals surface area contributed by atoms with Crippen LogP contribution in [0.15, 0.2) is 28.1 Å². The van der Waals surface area contributed by atoms with Crippen LogP contribution in [0, 0.1) is 0 Å². The van der Waals surface area contributed by atoms with Crippen LogP contribution in [0.3, 0.4) is 0 Å². The number of rotatable bonds is 3. The van der Waals surface area contributed by atoms with E-state index in [1.807, 2.05) is 23.6 Å². The second-order valence-electron chi connectivity index (χ2n) is 4.58. The summed E-state index contributed by atoms with van der Waals surface area (Å²) in [5.41, 5.74) is 0.993. The van der Waals surface area contributed by atoms with Crippen molar-refractivity contribution in [2.45, 2.75) is 19.6 Å². The maximum Gasteiger partial charge on any atom is 0.177 e. The highest BCUT2D eigenvalue weighted by Gasteiger charge is 2.18. The van der Waals surface area contributed by atoms with Gasteiger partial charge in [-0.25, -0.2) is 0 Å². The predicted octanol–water partition coefficient (Wildman–Crippen LogP) is 2.62. The van der Waals surface area contributed by atoms with Crippen molar-refractivity contribution >= 4 is 11.3 Å². The maximum absolute atomic E-state index is 5.53. The number of morpholine rings is 1. The molecule has 0 N–H and O–H groups in total. The lowest BCUT2D eigenvalue weighted by atomic mass is 10.2. The molecule has 4 nitrogen and oxygen atoms in total. The molecule has 1 fully saturated rings. The third-order valence-corrected chi connectivity index (χ3v) is 3.92. The van der Waals surface area contributed by atoms with Crippen LogP contribution in [0.1, 0.15) is 12.6 Å². The average Bonchev–Trinajstić information content (AvgIpc) is 2.98. The molecule has 18 heavy (non-hydrogen) atoms. The zero-order chi connectivity index (χ0) is 12.4. The second-order valence-corrected chi connectivity index (χ2v) is 5.52. The molecule has 96 valence electrons. The van der Waals surface area contributed by atoms with Gasteiger partial charge in [0.25, 0.3) is 0 Å². The van der Waals surface area contributed by atoms with Gasteiger partial charge in [-0.3, -0.25) is 4.90 Å². The van der Waals surface area contributed by atoms with Crippen LogP contribution in [-0.2, 0) is 11.3 Å². The zero-order valence-electron chi connectivity index (χ0n) is 10.3. The van der Waals surface area contributed by atoms with Gasteiger partial charge in [0.1, 0.15) is 0 Å². The van der Waals surface area contributed by atoms with E-state index in [1.165, 1.54) is 0 Å². The van der Waals surface area contributed by atoms with E-state index in [1.54, 1.807) is 11.3 Å². The molecule has 1 aliphatic rings. The van der Waals surface area contributed by atoms with Crippen LogP contribution in [-0.4, -0.2) is 35.9 Å². The lowest BCUT2D eigenvalue weighted by Crippen LogP contribution is -2.40. The molecule has 2 aromatic rings. The van der Waals surface area contributed by atoms with Gasteiger partial charge in [-0.05, 0) is 18.4 Å². The van der Waals surface area contributed by atoms with Gasteiger partial charge < -0.3 is 9.26 Å². The summed E-state index contributed by atoms with van der Waals surface area (Å²) in [4.78, 5) is 3.48. The minimum Gasteiger partial charge on any atom is -0.376 e. The van der Waals surface area contributed by atoms with Gasteiger partial charge in [0.2, 0.25) is 0 Å². The fourth-order valence-electron chi connectivity index (χ4n) is 2.18. The van der Waals surface area contributed by atoms with Gasteiger partial charge >= 0.3 is 0 Å². The molecule has 0 radical (unpaired) electrons. The van der Waals surface area contributed by atoms with E-state index in [0.717, 1.165) is 42.6 Å². The van der Waals surface area contributed by atoms with Gasteiger partial charge in [-0.1, -0.05) is 11.2 Å². The Morgan fingerprint density at radius 1 is 1.56 bits per heavy atom. The highest BCUT2D eigenvalue weighted by atomic mass is 32.1. The molecule has 3 rings (SSSR count). The predicted molar refractivity (Wildman–Crippen MR) is 70.5 cm³/mol. The summed E-state index contributed by atoms with van der Waals surface area (Å²) in [5, 5.41) is 6.18. The summed E-state index contributed by atoms with van der Waals surface area (Å²) >= 11 is 1.67. The monoisotopic (exact) mass is 264 g/mol. The van der Waals surface area contributed by atoms with Crippen molar-refractivity contribution in [3.8, 4) is 10.6 Å². The molecule has 1 aliphatic heterocycles. The van der Waals surface area contributed by atoms with E-state index in [0.29, 0.717) is 6.10 Å². The van der Waals surface area contributed by atoms with E-state index in [2.05, 4.69) is 17.0 Å². The molecule has 5 heteroatoms. The average molecular weight is 264 g/mol. The molecule has 0 aromatic carbocycles. The Morgan fingerprint density at radius 2 is 2.50 bits per heavy atom. The number of hydrogen-bond donors (Lipinski definition) is 0. The minimum atomic E-state index is 0.308. The van der Waals surface area contributed by atoms with Gasteiger partial charge in [0.15, 0.2) is 5.76 Å². The van der Waals surface area contributed by atoms with Gasteiger partial charge in [0, 0.05) is 25.7 Å². The third kappa shape index (κ3) is 2.63. The van der Waals surface area contributed by atoms with Crippen molar-refractivity contribution in [1.29, 1.82) is 0 Å². The molecule has 0 spiro atoms. The molecular formula is C13H16N2O2S. The minimum absolute atomic E-state index is 0.308. The van der Waals surface area contributed by atoms with Crippen LogP contribution in [0.2, 0.25) is 0 Å². The first-order valence-corrected chi connectivity index (χ1v) is 7.02. The topological polar surface area (TPSA) is 38.5 Å². The molecular weight excluding hydrogens is 248 g/mol. The van der Waals surface area contributed by atoms with Crippen molar-refractivity contribution in [3.63, 3.8) is 0 Å². The molecule has 0 saturated carbocycles. The molecule has 2 aromatic heterocycles. The molecule has 0 amide bonds. The SMILES string of the molecule is C[C@H]1CN(Cc2cc(-c3cccs3)on2)CCO1. The zero-order valence-corrected chi connectivity index (χ0v) is 11.2. The van der Waals surface area contributed by atoms with E-state index in [4.69, 9.17) is 9.26 Å². The van der Waals surface area contributed by atoms with E-state index < -0.39 is 0 Å². The Labute approximate surface area is 110 Å². The molecule has 1 atom stereocenters. The van der Waals surface area contributed by atoms with E-state index >= 15 is 0 Å². The van der Waals surface area contributed by atoms with Crippen LogP contribution >= 0.6 is 11.3 Å². The van der Waals surface area contributed by atoms with Crippen molar-refractivity contribution in [1.82, 2.24) is 10.1 Å². The third-order valence-electron chi connectivity index (χ3n) is 3.03. The quantitative estimate of drug-likeness (QED) is 0.854. The fourth-order valence-corrected chi connectivity index (χ4v) is 2.86. The number of hydrogen-bond acceptors (Lipinski definition) is 5. The van der Waals surface area contributed by atoms with Crippen LogP contribution in [0.25, 0.3) is 10.6 Å². The molecule has 1 saturated heterocycles. The number of ether oxygens (including phenoxy) is 1. The summed E-state index contributed by atoms with van der Waals surface area (Å²) in [6.45, 7) is 5.66. The molecule has 0 unspecified atom stereocenters. The van der Waals surface area contributed by atoms with E-state index in [9.17, 15) is 0 Å². The fraction of sp³-hybridized carbons (Fsp3) is 0.462. The molecule has 3 heterocycles. The second kappa shape index (κ2) is 5.22. The van der Waals surface area contributed by atoms with Crippen molar-refractivity contribution < 1.29 is 9.26 Å². The molecule has 0 aliphatic carbocycles. The highest BCUT2D eigenvalue weighted by molar-refractivity contribution is 7.13. The van der Waals surface area contributed by atoms with Crippen molar-refractivity contribution in [2.75, 3.05) is 19.7 Å². The Bertz CT molecular complexity index is 495. The standard InChI is InChI=1S/C13H16N2O2S/c1-10-8-15(4-5-16-10)9-11-7-12(17-14-11)13-3-2-6-18-13/h2-3,6-7,10H,4-5,8-9H2,1H3/t10-/m0/s1. The Balaban J connectivity index is 1.66. The number of nitrogens with zero attached hydrogens (tertiary/aromatic N) is 2. The van der Waals surface area contributed by atoms with Crippen molar-refractivity contribution in [2.24, 2.45) is 0 Å². The first-order valence-electron chi connectivity index (χ1n) is 6.15. The van der Waals surface area contributed by atoms with Gasteiger partial charge in [0.05, 0.1) is 23.3 Å². The summed E-state index contributed by atoms with van der Waals surface area (Å²) in [7, 11) is 0. The summed E-state index contributed by atoms with van der Waals surface area (Å²) in [5.74, 6) is 0.862. The smallest absolute Gasteiger partial charge is 0.177 e. The normalized spacial score (nSPS) is 21.3. The van der Waals surface area contributed by atoms with Gasteiger partial charge in [-0.2, -0.15) is 0 Å². The van der Waals surface area contributed by atoms with Crippen molar-refractivity contribution in [3.05, 3.63) is 29.3 Å². The van der Waals surface area contributed by atoms with Crippen LogP contribution < -0.4 is 0 Å². The summed E-state index contributed by atoms with van der Waals surface area (Å²) < 4.78 is 10.9. The Hall–Kier alpha value is -1.17. The molecule has 0 bridgehead atoms. The highest BCUT2D eigenvalue weighted by Crippen LogP contribution is 2.25. The largest absolute Gasteiger partial charge is 0.376 e. The van der Waals surface area contributed by atoms with Crippen LogP contribution in [0.5, 0.6) is 0 Å². The van der Waals surface area contributed by atoms with Crippen LogP contribution in [0.4, 0.5) is 0 Å². The first kappa shape index (κ1) is 11.9. The maximum atomic E-state index is 5.53. The lowest BCUT2D eigenvalue weighted by Gasteiger charge is -2.30. The Kier molecular flexibility index (Phi) is 3.45. The Morgan fingerprint density at radius 3 is 3.28 bits per heavy atom. The number of aromatic nitrogens is 1.